The van der Waals surface area contributed by atoms with Crippen LogP contribution in [0, 0.1) is 6.92 Å². The van der Waals surface area contributed by atoms with Crippen molar-refractivity contribution in [2.45, 2.75) is 11.8 Å². The number of methoxy groups -OCH3 is 1. The van der Waals surface area contributed by atoms with Gasteiger partial charge in [-0.15, -0.1) is 11.8 Å². The number of benzene rings is 3. The predicted octanol–water partition coefficient (Wildman–Crippen LogP) is 4.99. The molecule has 0 heterocycles. The Balaban J connectivity index is 1.51. The average Bonchev–Trinajstić information content (AvgIpc) is 2.75. The van der Waals surface area contributed by atoms with Crippen LogP contribution in [-0.2, 0) is 4.79 Å². The summed E-state index contributed by atoms with van der Waals surface area (Å²) in [7, 11) is 1.56. The highest BCUT2D eigenvalue weighted by molar-refractivity contribution is 8.00. The van der Waals surface area contributed by atoms with Crippen LogP contribution in [0.4, 0.5) is 11.4 Å². The fraction of sp³-hybridized carbons (Fsp3) is 0.130. The van der Waals surface area contributed by atoms with Gasteiger partial charge in [-0.1, -0.05) is 23.8 Å². The van der Waals surface area contributed by atoms with Crippen LogP contribution in [0.15, 0.2) is 77.7 Å². The van der Waals surface area contributed by atoms with Gasteiger partial charge in [0.25, 0.3) is 5.91 Å². The summed E-state index contributed by atoms with van der Waals surface area (Å²) < 4.78 is 5.14. The summed E-state index contributed by atoms with van der Waals surface area (Å²) in [5, 5.41) is 5.73. The Labute approximate surface area is 174 Å². The predicted molar refractivity (Wildman–Crippen MR) is 118 cm³/mol. The van der Waals surface area contributed by atoms with Gasteiger partial charge in [0, 0.05) is 21.8 Å². The number of ether oxygens (including phenoxy) is 1. The second-order valence-corrected chi connectivity index (χ2v) is 7.46. The lowest BCUT2D eigenvalue weighted by Gasteiger charge is -2.08. The molecule has 0 spiro atoms. The molecule has 0 saturated heterocycles. The first-order chi connectivity index (χ1) is 14.0. The first kappa shape index (κ1) is 20.5. The van der Waals surface area contributed by atoms with Gasteiger partial charge in [0.05, 0.1) is 12.9 Å². The van der Waals surface area contributed by atoms with Crippen molar-refractivity contribution in [2.75, 3.05) is 23.5 Å². The molecule has 148 valence electrons. The van der Waals surface area contributed by atoms with Crippen molar-refractivity contribution in [1.29, 1.82) is 0 Å². The van der Waals surface area contributed by atoms with Gasteiger partial charge in [0.1, 0.15) is 5.75 Å². The Morgan fingerprint density at radius 2 is 1.55 bits per heavy atom. The van der Waals surface area contributed by atoms with E-state index in [0.29, 0.717) is 22.8 Å². The van der Waals surface area contributed by atoms with Crippen LogP contribution in [0.5, 0.6) is 5.75 Å². The molecule has 5 nitrogen and oxygen atoms in total. The summed E-state index contributed by atoms with van der Waals surface area (Å²) >= 11 is 1.44. The Hall–Kier alpha value is -3.25. The lowest BCUT2D eigenvalue weighted by molar-refractivity contribution is -0.113. The Morgan fingerprint density at radius 3 is 2.24 bits per heavy atom. The zero-order valence-corrected chi connectivity index (χ0v) is 17.1. The highest BCUT2D eigenvalue weighted by atomic mass is 32.2. The van der Waals surface area contributed by atoms with Crippen molar-refractivity contribution in [2.24, 2.45) is 0 Å². The van der Waals surface area contributed by atoms with Gasteiger partial charge in [-0.3, -0.25) is 9.59 Å². The van der Waals surface area contributed by atoms with Crippen LogP contribution >= 0.6 is 11.8 Å². The summed E-state index contributed by atoms with van der Waals surface area (Å²) in [6, 6.07) is 22.1. The monoisotopic (exact) mass is 406 g/mol. The lowest BCUT2D eigenvalue weighted by atomic mass is 10.2. The third kappa shape index (κ3) is 6.12. The number of hydrogen-bond acceptors (Lipinski definition) is 4. The summed E-state index contributed by atoms with van der Waals surface area (Å²) in [5.74, 6) is 0.674. The second-order valence-electron chi connectivity index (χ2n) is 6.41. The Bertz CT molecular complexity index is 986. The topological polar surface area (TPSA) is 67.4 Å². The molecule has 6 heteroatoms. The maximum atomic E-state index is 12.4. The van der Waals surface area contributed by atoms with E-state index in [4.69, 9.17) is 4.74 Å². The third-order valence-corrected chi connectivity index (χ3v) is 5.16. The van der Waals surface area contributed by atoms with Crippen molar-refractivity contribution in [3.63, 3.8) is 0 Å². The van der Waals surface area contributed by atoms with Crippen LogP contribution in [0.1, 0.15) is 15.9 Å². The van der Waals surface area contributed by atoms with Crippen LogP contribution in [0.3, 0.4) is 0 Å². The van der Waals surface area contributed by atoms with Gasteiger partial charge >= 0.3 is 0 Å². The zero-order chi connectivity index (χ0) is 20.6. The molecular formula is C23H22N2O3S. The number of thioether (sulfide) groups is 1. The summed E-state index contributed by atoms with van der Waals surface area (Å²) in [4.78, 5) is 25.4. The smallest absolute Gasteiger partial charge is 0.255 e. The third-order valence-electron chi connectivity index (χ3n) is 4.15. The van der Waals surface area contributed by atoms with Crippen molar-refractivity contribution >= 4 is 35.0 Å². The van der Waals surface area contributed by atoms with Crippen LogP contribution in [-0.4, -0.2) is 24.7 Å². The molecule has 0 aliphatic rings. The molecule has 29 heavy (non-hydrogen) atoms. The minimum Gasteiger partial charge on any atom is -0.497 e. The van der Waals surface area contributed by atoms with E-state index in [2.05, 4.69) is 10.6 Å². The molecule has 0 aromatic heterocycles. The normalized spacial score (nSPS) is 10.3. The number of aryl methyl sites for hydroxylation is 1. The van der Waals surface area contributed by atoms with Gasteiger partial charge < -0.3 is 15.4 Å². The minimum atomic E-state index is -0.207. The van der Waals surface area contributed by atoms with Crippen molar-refractivity contribution in [1.82, 2.24) is 0 Å². The summed E-state index contributed by atoms with van der Waals surface area (Å²) in [5.41, 5.74) is 3.15. The molecule has 3 aromatic rings. The SMILES string of the molecule is COc1cccc(C(=O)Nc2ccc(SCC(=O)Nc3ccc(C)cc3)cc2)c1. The van der Waals surface area contributed by atoms with Gasteiger partial charge in [-0.05, 0) is 61.5 Å². The maximum Gasteiger partial charge on any atom is 0.255 e. The molecule has 3 aromatic carbocycles. The number of amides is 2. The van der Waals surface area contributed by atoms with Gasteiger partial charge in [-0.2, -0.15) is 0 Å². The van der Waals surface area contributed by atoms with E-state index in [9.17, 15) is 9.59 Å². The number of anilines is 2. The maximum absolute atomic E-state index is 12.4. The highest BCUT2D eigenvalue weighted by Gasteiger charge is 2.08. The molecule has 0 radical (unpaired) electrons. The molecule has 2 N–H and O–H groups in total. The molecule has 3 rings (SSSR count). The van der Waals surface area contributed by atoms with E-state index in [1.807, 2.05) is 55.5 Å². The summed E-state index contributed by atoms with van der Waals surface area (Å²) in [6.45, 7) is 2.00. The lowest BCUT2D eigenvalue weighted by Crippen LogP contribution is -2.14. The van der Waals surface area contributed by atoms with E-state index in [-0.39, 0.29) is 11.8 Å². The van der Waals surface area contributed by atoms with Crippen LogP contribution in [0.2, 0.25) is 0 Å². The number of carbonyl (C=O) groups is 2. The standard InChI is InChI=1S/C23H22N2O3S/c1-16-6-8-18(9-7-16)24-22(26)15-29-21-12-10-19(11-13-21)25-23(27)17-4-3-5-20(14-17)28-2/h3-14H,15H2,1-2H3,(H,24,26)(H,25,27). The number of hydrogen-bond donors (Lipinski definition) is 2. The first-order valence-electron chi connectivity index (χ1n) is 9.08. The fourth-order valence-corrected chi connectivity index (χ4v) is 3.28. The Kier molecular flexibility index (Phi) is 6.92. The fourth-order valence-electron chi connectivity index (χ4n) is 2.58. The van der Waals surface area contributed by atoms with Crippen LogP contribution in [0.25, 0.3) is 0 Å². The molecule has 0 bridgehead atoms. The quantitative estimate of drug-likeness (QED) is 0.543. The van der Waals surface area contributed by atoms with Crippen molar-refractivity contribution < 1.29 is 14.3 Å². The van der Waals surface area contributed by atoms with E-state index in [1.54, 1.807) is 31.4 Å². The van der Waals surface area contributed by atoms with Gasteiger partial charge in [0.15, 0.2) is 0 Å². The molecule has 2 amide bonds. The largest absolute Gasteiger partial charge is 0.497 e. The molecule has 0 atom stereocenters. The second kappa shape index (κ2) is 9.80. The molecule has 0 saturated carbocycles. The van der Waals surface area contributed by atoms with E-state index < -0.39 is 0 Å². The van der Waals surface area contributed by atoms with Gasteiger partial charge in [0.2, 0.25) is 5.91 Å². The van der Waals surface area contributed by atoms with Crippen molar-refractivity contribution in [3.05, 3.63) is 83.9 Å². The molecule has 0 aliphatic heterocycles. The first-order valence-corrected chi connectivity index (χ1v) is 10.1. The molecule has 0 fully saturated rings. The minimum absolute atomic E-state index is 0.0609. The average molecular weight is 407 g/mol. The molecular weight excluding hydrogens is 384 g/mol. The highest BCUT2D eigenvalue weighted by Crippen LogP contribution is 2.21. The number of rotatable bonds is 7. The molecule has 0 unspecified atom stereocenters. The van der Waals surface area contributed by atoms with Crippen LogP contribution < -0.4 is 15.4 Å². The van der Waals surface area contributed by atoms with Gasteiger partial charge in [-0.25, -0.2) is 0 Å². The van der Waals surface area contributed by atoms with E-state index in [0.717, 1.165) is 16.1 Å². The molecule has 0 aliphatic carbocycles. The van der Waals surface area contributed by atoms with E-state index >= 15 is 0 Å². The number of nitrogens with one attached hydrogen (secondary N) is 2. The summed E-state index contributed by atoms with van der Waals surface area (Å²) in [6.07, 6.45) is 0. The van der Waals surface area contributed by atoms with Crippen molar-refractivity contribution in [3.8, 4) is 5.75 Å². The van der Waals surface area contributed by atoms with E-state index in [1.165, 1.54) is 11.8 Å². The zero-order valence-electron chi connectivity index (χ0n) is 16.3. The Morgan fingerprint density at radius 1 is 0.897 bits per heavy atom. The number of carbonyl (C=O) groups excluding carboxylic acids is 2.